The molecule has 0 aromatic rings. The maximum Gasteiger partial charge on any atom is 0.310 e. The fourth-order valence-corrected chi connectivity index (χ4v) is 13.0. The fourth-order valence-electron chi connectivity index (χ4n) is 13.0. The second kappa shape index (κ2) is 16.3. The van der Waals surface area contributed by atoms with Gasteiger partial charge in [-0.3, -0.25) is 19.2 Å². The third-order valence-corrected chi connectivity index (χ3v) is 14.2. The lowest BCUT2D eigenvalue weighted by molar-refractivity contribution is -0.261. The average Bonchev–Trinajstić information content (AvgIpc) is 3.01. The molecule has 60 heavy (non-hydrogen) atoms. The van der Waals surface area contributed by atoms with Crippen molar-refractivity contribution in [3.63, 3.8) is 0 Å². The molecule has 3 N–H and O–H groups in total. The molecule has 3 aliphatic heterocycles. The molecule has 3 heterocycles. The first-order chi connectivity index (χ1) is 27.0. The molecule has 0 aromatic heterocycles. The van der Waals surface area contributed by atoms with Crippen LogP contribution < -0.4 is 5.32 Å². The van der Waals surface area contributed by atoms with Gasteiger partial charge < -0.3 is 34.7 Å². The van der Waals surface area contributed by atoms with E-state index in [1.807, 2.05) is 55.4 Å². The van der Waals surface area contributed by atoms with E-state index in [9.17, 15) is 29.6 Å². The number of nitrogens with one attached hydrogen (secondary N) is 1. The van der Waals surface area contributed by atoms with E-state index < -0.39 is 88.0 Å². The van der Waals surface area contributed by atoms with Crippen molar-refractivity contribution < 1.29 is 48.5 Å². The lowest BCUT2D eigenvalue weighted by atomic mass is 9.64. The SMILES string of the molecule is CC1(C)CC(OC(=O)C2CC(C(=O)OC3CC(C)(C)N(O)C(C)(C)C3)C(C(=O)OC3CC(C)(C)NC(C)(C)C3)C(C(=O)OC3CC(C)(C)N(O)C(C)(C)C3)C2)CC(C)(C)C1. The van der Waals surface area contributed by atoms with Gasteiger partial charge in [0, 0.05) is 71.8 Å². The Bertz CT molecular complexity index is 1500. The molecule has 5 aliphatic rings. The molecule has 2 saturated carbocycles. The Labute approximate surface area is 360 Å². The van der Waals surface area contributed by atoms with Gasteiger partial charge in [0.15, 0.2) is 0 Å². The van der Waals surface area contributed by atoms with Crippen LogP contribution >= 0.6 is 0 Å². The maximum atomic E-state index is 14.9. The molecule has 344 valence electrons. The van der Waals surface area contributed by atoms with Crippen LogP contribution in [-0.4, -0.2) is 102 Å². The summed E-state index contributed by atoms with van der Waals surface area (Å²) in [5, 5.41) is 28.3. The summed E-state index contributed by atoms with van der Waals surface area (Å²) in [5.41, 5.74) is -3.71. The van der Waals surface area contributed by atoms with E-state index in [2.05, 4.69) is 60.7 Å². The summed E-state index contributed by atoms with van der Waals surface area (Å²) in [6.45, 7) is 32.0. The Morgan fingerprint density at radius 3 is 1.12 bits per heavy atom. The monoisotopic (exact) mass is 848 g/mol. The van der Waals surface area contributed by atoms with Crippen molar-refractivity contribution in [1.82, 2.24) is 15.4 Å². The first-order valence-corrected chi connectivity index (χ1v) is 22.6. The number of nitrogens with zero attached hydrogens (tertiary/aromatic N) is 2. The van der Waals surface area contributed by atoms with E-state index in [-0.39, 0.29) is 40.9 Å². The van der Waals surface area contributed by atoms with E-state index in [0.717, 1.165) is 6.42 Å². The lowest BCUT2D eigenvalue weighted by Crippen LogP contribution is -2.61. The number of hydroxylamine groups is 4. The number of carbonyl (C=O) groups is 4. The molecule has 0 radical (unpaired) electrons. The molecule has 2 unspecified atom stereocenters. The largest absolute Gasteiger partial charge is 0.462 e. The number of carbonyl (C=O) groups excluding carboxylic acids is 4. The van der Waals surface area contributed by atoms with E-state index in [0.29, 0.717) is 51.4 Å². The van der Waals surface area contributed by atoms with Gasteiger partial charge in [-0.1, -0.05) is 27.7 Å². The summed E-state index contributed by atoms with van der Waals surface area (Å²) in [4.78, 5) is 59.0. The van der Waals surface area contributed by atoms with Crippen molar-refractivity contribution in [3.8, 4) is 0 Å². The molecule has 3 saturated heterocycles. The molecule has 5 fully saturated rings. The van der Waals surface area contributed by atoms with Gasteiger partial charge >= 0.3 is 23.9 Å². The molecule has 2 atom stereocenters. The molecular formula is C47H81N3O10. The first-order valence-electron chi connectivity index (χ1n) is 22.6. The van der Waals surface area contributed by atoms with Gasteiger partial charge in [-0.15, -0.1) is 0 Å². The van der Waals surface area contributed by atoms with Crippen LogP contribution in [0.5, 0.6) is 0 Å². The summed E-state index contributed by atoms with van der Waals surface area (Å²) in [5.74, 6) is -7.16. The summed E-state index contributed by atoms with van der Waals surface area (Å²) in [6.07, 6.45) is 2.57. The second-order valence-corrected chi connectivity index (χ2v) is 25.0. The fraction of sp³-hybridized carbons (Fsp3) is 0.915. The molecule has 0 aromatic carbocycles. The molecule has 13 nitrogen and oxygen atoms in total. The lowest BCUT2D eigenvalue weighted by Gasteiger charge is -2.51. The van der Waals surface area contributed by atoms with E-state index >= 15 is 0 Å². The Balaban J connectivity index is 1.52. The number of ether oxygens (including phenoxy) is 4. The Morgan fingerprint density at radius 2 is 0.750 bits per heavy atom. The van der Waals surface area contributed by atoms with Crippen molar-refractivity contribution in [1.29, 1.82) is 0 Å². The minimum Gasteiger partial charge on any atom is -0.462 e. The Morgan fingerprint density at radius 1 is 0.450 bits per heavy atom. The molecule has 0 spiro atoms. The van der Waals surface area contributed by atoms with Gasteiger partial charge in [0.25, 0.3) is 0 Å². The van der Waals surface area contributed by atoms with Crippen LogP contribution in [0, 0.1) is 34.5 Å². The number of hydrogen-bond donors (Lipinski definition) is 3. The minimum atomic E-state index is -1.29. The summed E-state index contributed by atoms with van der Waals surface area (Å²) in [7, 11) is 0. The van der Waals surface area contributed by atoms with E-state index in [4.69, 9.17) is 18.9 Å². The van der Waals surface area contributed by atoms with Crippen molar-refractivity contribution in [3.05, 3.63) is 0 Å². The topological polar surface area (TPSA) is 164 Å². The predicted molar refractivity (Wildman–Crippen MR) is 227 cm³/mol. The smallest absolute Gasteiger partial charge is 0.310 e. The number of rotatable bonds is 8. The highest BCUT2D eigenvalue weighted by Gasteiger charge is 2.56. The van der Waals surface area contributed by atoms with Crippen molar-refractivity contribution in [2.45, 2.75) is 239 Å². The van der Waals surface area contributed by atoms with Gasteiger partial charge in [-0.25, -0.2) is 0 Å². The minimum absolute atomic E-state index is 0.0536. The number of esters is 4. The molecule has 5 rings (SSSR count). The summed E-state index contributed by atoms with van der Waals surface area (Å²) in [6, 6.07) is 0. The van der Waals surface area contributed by atoms with Crippen LogP contribution in [0.1, 0.15) is 181 Å². The third-order valence-electron chi connectivity index (χ3n) is 14.2. The summed E-state index contributed by atoms with van der Waals surface area (Å²) < 4.78 is 25.4. The Hall–Kier alpha value is -2.32. The second-order valence-electron chi connectivity index (χ2n) is 25.0. The highest BCUT2D eigenvalue weighted by atomic mass is 16.6. The van der Waals surface area contributed by atoms with Crippen LogP contribution in [0.4, 0.5) is 0 Å². The van der Waals surface area contributed by atoms with Crippen LogP contribution in [0.25, 0.3) is 0 Å². The third kappa shape index (κ3) is 11.2. The van der Waals surface area contributed by atoms with Gasteiger partial charge in [-0.05, 0) is 126 Å². The molecule has 2 aliphatic carbocycles. The predicted octanol–water partition coefficient (Wildman–Crippen LogP) is 8.15. The van der Waals surface area contributed by atoms with Crippen LogP contribution in [0.15, 0.2) is 0 Å². The van der Waals surface area contributed by atoms with Crippen molar-refractivity contribution in [2.24, 2.45) is 34.5 Å². The molecule has 0 bridgehead atoms. The molecule has 0 amide bonds. The summed E-state index contributed by atoms with van der Waals surface area (Å²) >= 11 is 0. The normalized spacial score (nSPS) is 33.0. The molecule has 13 heteroatoms. The zero-order valence-electron chi connectivity index (χ0n) is 40.0. The highest BCUT2D eigenvalue weighted by molar-refractivity contribution is 5.89. The van der Waals surface area contributed by atoms with Gasteiger partial charge in [0.2, 0.25) is 0 Å². The van der Waals surface area contributed by atoms with Gasteiger partial charge in [-0.2, -0.15) is 10.1 Å². The zero-order valence-corrected chi connectivity index (χ0v) is 40.0. The highest BCUT2D eigenvalue weighted by Crippen LogP contribution is 2.49. The van der Waals surface area contributed by atoms with E-state index in [1.54, 1.807) is 0 Å². The van der Waals surface area contributed by atoms with Gasteiger partial charge in [0.05, 0.1) is 23.7 Å². The van der Waals surface area contributed by atoms with Crippen LogP contribution in [0.3, 0.4) is 0 Å². The molecular weight excluding hydrogens is 767 g/mol. The van der Waals surface area contributed by atoms with E-state index in [1.165, 1.54) is 10.1 Å². The van der Waals surface area contributed by atoms with Crippen LogP contribution in [0.2, 0.25) is 0 Å². The average molecular weight is 848 g/mol. The number of piperidine rings is 3. The Kier molecular flexibility index (Phi) is 13.3. The van der Waals surface area contributed by atoms with Crippen molar-refractivity contribution in [2.75, 3.05) is 0 Å². The maximum absolute atomic E-state index is 14.9. The van der Waals surface area contributed by atoms with Crippen LogP contribution in [-0.2, 0) is 38.1 Å². The number of hydrogen-bond acceptors (Lipinski definition) is 13. The quantitative estimate of drug-likeness (QED) is 0.159. The standard InChI is InChI=1S/C47H81N3O10/c1-40(2)19-29(20-41(3,4)27-40)57-36(51)28-17-33(37(52)58-31-23-44(9,10)49(55)45(11,12)24-31)35(39(54)60-30-21-42(5,6)48-43(7,8)22-30)34(18-28)38(53)59-32-25-46(13,14)50(56)47(15,16)26-32/h28-35,48,55-56H,17-27H2,1-16H3. The first kappa shape index (κ1) is 48.7. The van der Waals surface area contributed by atoms with Crippen molar-refractivity contribution >= 4 is 23.9 Å². The van der Waals surface area contributed by atoms with Gasteiger partial charge in [0.1, 0.15) is 24.4 Å². The zero-order chi connectivity index (χ0) is 45.4.